The Labute approximate surface area is 133 Å². The standard InChI is InChI=1S/C17H19N3OS/c1-11-4-6-13(7-5-11)14-10-22-17-15(14)16(18-8-3-9-21)19-12(2)20-17/h4-7,10,21H,3,8-9H2,1-2H3,(H,18,19,20). The van der Waals surface area contributed by atoms with E-state index in [1.165, 1.54) is 11.1 Å². The Morgan fingerprint density at radius 1 is 1.14 bits per heavy atom. The molecule has 0 aliphatic rings. The maximum absolute atomic E-state index is 8.96. The fraction of sp³-hybridized carbons (Fsp3) is 0.294. The van der Waals surface area contributed by atoms with Gasteiger partial charge >= 0.3 is 0 Å². The van der Waals surface area contributed by atoms with Crippen molar-refractivity contribution in [3.63, 3.8) is 0 Å². The Hall–Kier alpha value is -1.98. The predicted molar refractivity (Wildman–Crippen MR) is 92.5 cm³/mol. The normalized spacial score (nSPS) is 11.0. The number of benzene rings is 1. The zero-order chi connectivity index (χ0) is 15.5. The van der Waals surface area contributed by atoms with Gasteiger partial charge in [-0.05, 0) is 25.8 Å². The lowest BCUT2D eigenvalue weighted by molar-refractivity contribution is 0.292. The van der Waals surface area contributed by atoms with E-state index in [0.717, 1.165) is 27.4 Å². The Morgan fingerprint density at radius 3 is 2.64 bits per heavy atom. The summed E-state index contributed by atoms with van der Waals surface area (Å²) in [6.07, 6.45) is 0.703. The van der Waals surface area contributed by atoms with Crippen LogP contribution in [-0.4, -0.2) is 28.2 Å². The van der Waals surface area contributed by atoms with Crippen molar-refractivity contribution in [2.45, 2.75) is 20.3 Å². The van der Waals surface area contributed by atoms with Crippen LogP contribution in [0.2, 0.25) is 0 Å². The molecule has 4 nitrogen and oxygen atoms in total. The van der Waals surface area contributed by atoms with Crippen molar-refractivity contribution in [2.24, 2.45) is 0 Å². The molecule has 0 aliphatic carbocycles. The average Bonchev–Trinajstić information content (AvgIpc) is 2.92. The maximum atomic E-state index is 8.96. The SMILES string of the molecule is Cc1ccc(-c2csc3nc(C)nc(NCCCO)c23)cc1. The molecule has 22 heavy (non-hydrogen) atoms. The number of thiophene rings is 1. The second kappa shape index (κ2) is 6.42. The Bertz CT molecular complexity index is 780. The quantitative estimate of drug-likeness (QED) is 0.704. The van der Waals surface area contributed by atoms with Crippen molar-refractivity contribution >= 4 is 27.4 Å². The van der Waals surface area contributed by atoms with Crippen LogP contribution in [0.15, 0.2) is 29.6 Å². The molecule has 0 saturated heterocycles. The molecular weight excluding hydrogens is 294 g/mol. The Balaban J connectivity index is 2.09. The number of anilines is 1. The second-order valence-electron chi connectivity index (χ2n) is 5.32. The van der Waals surface area contributed by atoms with Gasteiger partial charge in [-0.15, -0.1) is 11.3 Å². The highest BCUT2D eigenvalue weighted by molar-refractivity contribution is 7.17. The summed E-state index contributed by atoms with van der Waals surface area (Å²) in [5, 5.41) is 15.5. The molecule has 0 aliphatic heterocycles. The van der Waals surface area contributed by atoms with E-state index in [4.69, 9.17) is 5.11 Å². The summed E-state index contributed by atoms with van der Waals surface area (Å²) in [5.74, 6) is 1.61. The minimum atomic E-state index is 0.175. The molecule has 3 rings (SSSR count). The van der Waals surface area contributed by atoms with Crippen LogP contribution < -0.4 is 5.32 Å². The third kappa shape index (κ3) is 2.96. The van der Waals surface area contributed by atoms with Gasteiger partial charge in [-0.25, -0.2) is 9.97 Å². The summed E-state index contributed by atoms with van der Waals surface area (Å²) < 4.78 is 0. The largest absolute Gasteiger partial charge is 0.396 e. The number of rotatable bonds is 5. The second-order valence-corrected chi connectivity index (χ2v) is 6.18. The van der Waals surface area contributed by atoms with Crippen LogP contribution in [0.25, 0.3) is 21.3 Å². The number of hydrogen-bond donors (Lipinski definition) is 2. The molecule has 2 N–H and O–H groups in total. The van der Waals surface area contributed by atoms with Crippen molar-refractivity contribution in [3.05, 3.63) is 41.0 Å². The molecule has 0 saturated carbocycles. The zero-order valence-corrected chi connectivity index (χ0v) is 13.6. The third-order valence-corrected chi connectivity index (χ3v) is 4.41. The predicted octanol–water partition coefficient (Wildman–Crippen LogP) is 3.77. The van der Waals surface area contributed by atoms with Crippen molar-refractivity contribution in [1.29, 1.82) is 0 Å². The van der Waals surface area contributed by atoms with E-state index in [9.17, 15) is 0 Å². The van der Waals surface area contributed by atoms with Crippen molar-refractivity contribution in [2.75, 3.05) is 18.5 Å². The van der Waals surface area contributed by atoms with Crippen LogP contribution in [0.4, 0.5) is 5.82 Å². The molecule has 5 heteroatoms. The number of hydrogen-bond acceptors (Lipinski definition) is 5. The molecule has 0 amide bonds. The fourth-order valence-electron chi connectivity index (χ4n) is 2.41. The van der Waals surface area contributed by atoms with Gasteiger partial charge in [-0.2, -0.15) is 0 Å². The first-order chi connectivity index (χ1) is 10.7. The molecule has 0 spiro atoms. The van der Waals surface area contributed by atoms with Crippen LogP contribution in [0.1, 0.15) is 17.8 Å². The molecule has 114 valence electrons. The van der Waals surface area contributed by atoms with Gasteiger partial charge in [0.25, 0.3) is 0 Å². The van der Waals surface area contributed by atoms with Crippen LogP contribution in [-0.2, 0) is 0 Å². The number of aromatic nitrogens is 2. The summed E-state index contributed by atoms with van der Waals surface area (Å²) in [6.45, 7) is 4.87. The molecule has 0 unspecified atom stereocenters. The number of nitrogens with one attached hydrogen (secondary N) is 1. The van der Waals surface area contributed by atoms with Gasteiger partial charge in [0.1, 0.15) is 16.5 Å². The summed E-state index contributed by atoms with van der Waals surface area (Å²) >= 11 is 1.64. The van der Waals surface area contributed by atoms with E-state index in [1.54, 1.807) is 11.3 Å². The van der Waals surface area contributed by atoms with Crippen molar-refractivity contribution in [3.8, 4) is 11.1 Å². The molecule has 2 aromatic heterocycles. The lowest BCUT2D eigenvalue weighted by atomic mass is 10.0. The van der Waals surface area contributed by atoms with Gasteiger partial charge in [-0.1, -0.05) is 29.8 Å². The molecule has 0 bridgehead atoms. The van der Waals surface area contributed by atoms with E-state index in [-0.39, 0.29) is 6.61 Å². The van der Waals surface area contributed by atoms with Crippen molar-refractivity contribution < 1.29 is 5.11 Å². The van der Waals surface area contributed by atoms with E-state index < -0.39 is 0 Å². The molecule has 0 radical (unpaired) electrons. The minimum Gasteiger partial charge on any atom is -0.396 e. The Kier molecular flexibility index (Phi) is 4.36. The summed E-state index contributed by atoms with van der Waals surface area (Å²) in [5.41, 5.74) is 3.58. The highest BCUT2D eigenvalue weighted by Gasteiger charge is 2.14. The zero-order valence-electron chi connectivity index (χ0n) is 12.8. The molecule has 2 heterocycles. The van der Waals surface area contributed by atoms with Gasteiger partial charge in [0, 0.05) is 24.1 Å². The van der Waals surface area contributed by atoms with Gasteiger partial charge in [-0.3, -0.25) is 0 Å². The Morgan fingerprint density at radius 2 is 1.91 bits per heavy atom. The smallest absolute Gasteiger partial charge is 0.139 e. The topological polar surface area (TPSA) is 58.0 Å². The van der Waals surface area contributed by atoms with Gasteiger partial charge in [0.15, 0.2) is 0 Å². The third-order valence-electron chi connectivity index (χ3n) is 3.54. The molecule has 1 aromatic carbocycles. The maximum Gasteiger partial charge on any atom is 0.139 e. The highest BCUT2D eigenvalue weighted by atomic mass is 32.1. The van der Waals surface area contributed by atoms with Crippen molar-refractivity contribution in [1.82, 2.24) is 9.97 Å². The number of aryl methyl sites for hydroxylation is 2. The first-order valence-electron chi connectivity index (χ1n) is 7.36. The number of aliphatic hydroxyl groups is 1. The first kappa shape index (κ1) is 14.9. The number of aliphatic hydroxyl groups excluding tert-OH is 1. The lowest BCUT2D eigenvalue weighted by Gasteiger charge is -2.09. The monoisotopic (exact) mass is 313 g/mol. The van der Waals surface area contributed by atoms with E-state index in [2.05, 4.69) is 51.9 Å². The summed E-state index contributed by atoms with van der Waals surface area (Å²) in [4.78, 5) is 10.1. The van der Waals surface area contributed by atoms with Gasteiger partial charge < -0.3 is 10.4 Å². The minimum absolute atomic E-state index is 0.175. The van der Waals surface area contributed by atoms with Crippen LogP contribution >= 0.6 is 11.3 Å². The highest BCUT2D eigenvalue weighted by Crippen LogP contribution is 2.36. The van der Waals surface area contributed by atoms with Crippen LogP contribution in [0.3, 0.4) is 0 Å². The summed E-state index contributed by atoms with van der Waals surface area (Å²) in [7, 11) is 0. The van der Waals surface area contributed by atoms with E-state index in [1.807, 2.05) is 6.92 Å². The van der Waals surface area contributed by atoms with Crippen LogP contribution in [0, 0.1) is 13.8 Å². The number of nitrogens with zero attached hydrogens (tertiary/aromatic N) is 2. The average molecular weight is 313 g/mol. The molecule has 0 atom stereocenters. The van der Waals surface area contributed by atoms with Gasteiger partial charge in [0.05, 0.1) is 5.39 Å². The summed E-state index contributed by atoms with van der Waals surface area (Å²) in [6, 6.07) is 8.50. The van der Waals surface area contributed by atoms with Gasteiger partial charge in [0.2, 0.25) is 0 Å². The molecule has 0 fully saturated rings. The number of fused-ring (bicyclic) bond motifs is 1. The first-order valence-corrected chi connectivity index (χ1v) is 8.24. The lowest BCUT2D eigenvalue weighted by Crippen LogP contribution is -2.06. The van der Waals surface area contributed by atoms with Crippen LogP contribution in [0.5, 0.6) is 0 Å². The van der Waals surface area contributed by atoms with E-state index >= 15 is 0 Å². The fourth-order valence-corrected chi connectivity index (χ4v) is 3.40. The molecule has 3 aromatic rings. The van der Waals surface area contributed by atoms with E-state index in [0.29, 0.717) is 13.0 Å². The molecular formula is C17H19N3OS.